The summed E-state index contributed by atoms with van der Waals surface area (Å²) in [5.74, 6) is 0.181. The van der Waals surface area contributed by atoms with Crippen molar-refractivity contribution in [3.63, 3.8) is 0 Å². The number of ether oxygens (including phenoxy) is 1. The monoisotopic (exact) mass is 466 g/mol. The first-order valence-corrected chi connectivity index (χ1v) is 12.5. The Morgan fingerprint density at radius 3 is 2.18 bits per heavy atom. The maximum absolute atomic E-state index is 14.1. The van der Waals surface area contributed by atoms with Crippen molar-refractivity contribution in [2.24, 2.45) is 0 Å². The minimum Gasteiger partial charge on any atom is -0.494 e. The molecule has 1 aliphatic carbocycles. The van der Waals surface area contributed by atoms with E-state index < -0.39 is 0 Å². The Balaban J connectivity index is 1.09. The van der Waals surface area contributed by atoms with E-state index in [1.807, 2.05) is 18.2 Å². The van der Waals surface area contributed by atoms with E-state index in [2.05, 4.69) is 31.7 Å². The molecule has 2 aromatic rings. The lowest BCUT2D eigenvalue weighted by Gasteiger charge is -2.43. The molecule has 7 heteroatoms. The van der Waals surface area contributed by atoms with Crippen LogP contribution in [0.25, 0.3) is 11.1 Å². The van der Waals surface area contributed by atoms with Crippen LogP contribution >= 0.6 is 0 Å². The molecule has 3 aliphatic rings. The van der Waals surface area contributed by atoms with E-state index in [1.165, 1.54) is 32.4 Å². The largest absolute Gasteiger partial charge is 0.494 e. The van der Waals surface area contributed by atoms with Gasteiger partial charge >= 0.3 is 0 Å². The molecule has 0 unspecified atom stereocenters. The van der Waals surface area contributed by atoms with Gasteiger partial charge in [-0.3, -0.25) is 14.6 Å². The van der Waals surface area contributed by atoms with Crippen molar-refractivity contribution >= 4 is 11.6 Å². The van der Waals surface area contributed by atoms with Crippen LogP contribution in [0.3, 0.4) is 0 Å². The molecule has 0 atom stereocenters. The maximum atomic E-state index is 14.1. The highest BCUT2D eigenvalue weighted by Crippen LogP contribution is 2.28. The molecule has 0 spiro atoms. The predicted molar refractivity (Wildman–Crippen MR) is 133 cm³/mol. The molecule has 2 heterocycles. The molecule has 2 saturated heterocycles. The van der Waals surface area contributed by atoms with E-state index in [1.54, 1.807) is 6.07 Å². The summed E-state index contributed by atoms with van der Waals surface area (Å²) in [5.41, 5.74) is 2.98. The molecule has 0 bridgehead atoms. The van der Waals surface area contributed by atoms with Crippen molar-refractivity contribution in [1.82, 2.24) is 14.7 Å². The van der Waals surface area contributed by atoms with Gasteiger partial charge in [0, 0.05) is 64.1 Å². The Kier molecular flexibility index (Phi) is 7.02. The number of nitrogens with zero attached hydrogens (tertiary/aromatic N) is 4. The average Bonchev–Trinajstić information content (AvgIpc) is 2.84. The third-order valence-electron chi connectivity index (χ3n) is 7.71. The van der Waals surface area contributed by atoms with Crippen LogP contribution < -0.4 is 9.64 Å². The molecule has 182 valence electrons. The third-order valence-corrected chi connectivity index (χ3v) is 7.71. The number of piperazine rings is 2. The minimum absolute atomic E-state index is 0.257. The fourth-order valence-corrected chi connectivity index (χ4v) is 5.25. The van der Waals surface area contributed by atoms with E-state index in [-0.39, 0.29) is 17.5 Å². The van der Waals surface area contributed by atoms with Crippen LogP contribution in [-0.2, 0) is 4.79 Å². The summed E-state index contributed by atoms with van der Waals surface area (Å²) < 4.78 is 19.1. The summed E-state index contributed by atoms with van der Waals surface area (Å²) in [4.78, 5) is 22.1. The number of carbonyl (C=O) groups is 1. The van der Waals surface area contributed by atoms with Crippen molar-refractivity contribution in [2.45, 2.75) is 25.3 Å². The minimum atomic E-state index is -0.352. The fourth-order valence-electron chi connectivity index (χ4n) is 5.25. The molecular weight excluding hydrogens is 431 g/mol. The van der Waals surface area contributed by atoms with Gasteiger partial charge in [-0.05, 0) is 48.2 Å². The van der Waals surface area contributed by atoms with Gasteiger partial charge in [0.2, 0.25) is 5.91 Å². The summed E-state index contributed by atoms with van der Waals surface area (Å²) in [6.07, 6.45) is 4.03. The average molecular weight is 467 g/mol. The second-order valence-corrected chi connectivity index (χ2v) is 9.66. The van der Waals surface area contributed by atoms with E-state index in [0.29, 0.717) is 6.54 Å². The quantitative estimate of drug-likeness (QED) is 0.653. The van der Waals surface area contributed by atoms with Crippen molar-refractivity contribution in [3.05, 3.63) is 48.3 Å². The zero-order valence-electron chi connectivity index (χ0n) is 20.1. The van der Waals surface area contributed by atoms with Crippen molar-refractivity contribution in [1.29, 1.82) is 0 Å². The lowest BCUT2D eigenvalue weighted by atomic mass is 9.91. The van der Waals surface area contributed by atoms with Gasteiger partial charge in [0.25, 0.3) is 0 Å². The smallest absolute Gasteiger partial charge is 0.236 e. The Morgan fingerprint density at radius 1 is 0.912 bits per heavy atom. The normalized spacial score (nSPS) is 20.3. The van der Waals surface area contributed by atoms with Gasteiger partial charge < -0.3 is 14.5 Å². The van der Waals surface area contributed by atoms with Crippen molar-refractivity contribution < 1.29 is 13.9 Å². The lowest BCUT2D eigenvalue weighted by Crippen LogP contribution is -2.56. The summed E-state index contributed by atoms with van der Waals surface area (Å²) >= 11 is 0. The van der Waals surface area contributed by atoms with Gasteiger partial charge in [-0.15, -0.1) is 0 Å². The van der Waals surface area contributed by atoms with Crippen LogP contribution in [0, 0.1) is 5.82 Å². The molecule has 1 amide bonds. The zero-order chi connectivity index (χ0) is 23.5. The molecule has 34 heavy (non-hydrogen) atoms. The van der Waals surface area contributed by atoms with Gasteiger partial charge in [0.05, 0.1) is 13.7 Å². The van der Waals surface area contributed by atoms with Crippen LogP contribution in [0.5, 0.6) is 5.75 Å². The number of anilines is 1. The lowest BCUT2D eigenvalue weighted by molar-refractivity contribution is -0.134. The van der Waals surface area contributed by atoms with E-state index in [0.717, 1.165) is 75.2 Å². The number of benzene rings is 2. The summed E-state index contributed by atoms with van der Waals surface area (Å²) in [5, 5.41) is 0. The maximum Gasteiger partial charge on any atom is 0.236 e. The number of methoxy groups -OCH3 is 1. The zero-order valence-corrected chi connectivity index (χ0v) is 20.1. The first-order valence-electron chi connectivity index (χ1n) is 12.5. The second-order valence-electron chi connectivity index (χ2n) is 9.66. The first-order chi connectivity index (χ1) is 16.6. The molecule has 0 N–H and O–H groups in total. The third kappa shape index (κ3) is 5.05. The highest BCUT2D eigenvalue weighted by molar-refractivity contribution is 5.78. The van der Waals surface area contributed by atoms with Crippen LogP contribution in [0.15, 0.2) is 42.5 Å². The van der Waals surface area contributed by atoms with Gasteiger partial charge in [-0.2, -0.15) is 0 Å². The van der Waals surface area contributed by atoms with Crippen LogP contribution in [0.2, 0.25) is 0 Å². The van der Waals surface area contributed by atoms with Gasteiger partial charge in [-0.25, -0.2) is 4.39 Å². The van der Waals surface area contributed by atoms with E-state index in [9.17, 15) is 9.18 Å². The number of rotatable bonds is 6. The SMILES string of the molecule is COc1ccc(-c2ccc(N3CCN(CC(=O)N4CCN(C5CCC5)CC4)CC3)cc2)cc1F. The van der Waals surface area contributed by atoms with Crippen LogP contribution in [-0.4, -0.2) is 92.7 Å². The number of amides is 1. The molecule has 0 aromatic heterocycles. The molecule has 2 aliphatic heterocycles. The fraction of sp³-hybridized carbons (Fsp3) is 0.519. The van der Waals surface area contributed by atoms with Gasteiger partial charge in [-0.1, -0.05) is 24.6 Å². The highest BCUT2D eigenvalue weighted by atomic mass is 19.1. The summed E-state index contributed by atoms with van der Waals surface area (Å²) in [7, 11) is 1.47. The second kappa shape index (κ2) is 10.3. The van der Waals surface area contributed by atoms with Crippen molar-refractivity contribution in [3.8, 4) is 16.9 Å². The Morgan fingerprint density at radius 2 is 1.59 bits per heavy atom. The topological polar surface area (TPSA) is 39.3 Å². The van der Waals surface area contributed by atoms with Crippen LogP contribution in [0.1, 0.15) is 19.3 Å². The molecule has 6 nitrogen and oxygen atoms in total. The first kappa shape index (κ1) is 23.1. The number of carbonyl (C=O) groups excluding carboxylic acids is 1. The Labute approximate surface area is 201 Å². The predicted octanol–water partition coefficient (Wildman–Crippen LogP) is 3.32. The summed E-state index contributed by atoms with van der Waals surface area (Å²) in [6.45, 7) is 7.92. The van der Waals surface area contributed by atoms with E-state index >= 15 is 0 Å². The number of halogens is 1. The summed E-state index contributed by atoms with van der Waals surface area (Å²) in [6, 6.07) is 14.1. The number of hydrogen-bond acceptors (Lipinski definition) is 5. The standard InChI is InChI=1S/C27H35FN4O2/c1-34-26-10-7-22(19-25(26)28)21-5-8-24(9-6-21)30-13-11-29(12-14-30)20-27(33)32-17-15-31(16-18-32)23-3-2-4-23/h5-10,19,23H,2-4,11-18,20H2,1H3. The molecule has 0 radical (unpaired) electrons. The molecule has 3 fully saturated rings. The Hall–Kier alpha value is -2.64. The van der Waals surface area contributed by atoms with Crippen LogP contribution in [0.4, 0.5) is 10.1 Å². The van der Waals surface area contributed by atoms with Crippen molar-refractivity contribution in [2.75, 3.05) is 70.9 Å². The number of hydrogen-bond donors (Lipinski definition) is 0. The molecule has 1 saturated carbocycles. The molecular formula is C27H35FN4O2. The van der Waals surface area contributed by atoms with E-state index in [4.69, 9.17) is 4.74 Å². The Bertz CT molecular complexity index is 979. The molecule has 5 rings (SSSR count). The van der Waals surface area contributed by atoms with Gasteiger partial charge in [0.1, 0.15) is 0 Å². The molecule has 2 aromatic carbocycles. The van der Waals surface area contributed by atoms with Gasteiger partial charge in [0.15, 0.2) is 11.6 Å². The highest BCUT2D eigenvalue weighted by Gasteiger charge is 2.30.